The summed E-state index contributed by atoms with van der Waals surface area (Å²) in [5, 5.41) is 0. The molecule has 3 aliphatic rings. The van der Waals surface area contributed by atoms with Crippen LogP contribution in [0.2, 0.25) is 0 Å². The average molecular weight is 471 g/mol. The second-order valence-electron chi connectivity index (χ2n) is 10.9. The predicted octanol–water partition coefficient (Wildman–Crippen LogP) is 7.23. The van der Waals surface area contributed by atoms with Gasteiger partial charge in [0.15, 0.2) is 5.78 Å². The number of Topliss-reactive ketones (excluding diaryl/α,β-unsaturated/α-hetero) is 1. The molecule has 0 amide bonds. The molecule has 0 N–H and O–H groups in total. The molecular weight excluding hydrogens is 436 g/mol. The van der Waals surface area contributed by atoms with E-state index in [1.54, 1.807) is 14.2 Å². The number of carbonyl (C=O) groups is 1. The smallest absolute Gasteiger partial charge is 0.163 e. The first-order valence-corrected chi connectivity index (χ1v) is 12.4. The molecule has 2 aromatic rings. The summed E-state index contributed by atoms with van der Waals surface area (Å²) in [4.78, 5) is 13.5. The summed E-state index contributed by atoms with van der Waals surface area (Å²) in [5.41, 5.74) is 5.41. The molecule has 1 aliphatic heterocycles. The van der Waals surface area contributed by atoms with E-state index in [0.717, 1.165) is 59.0 Å². The van der Waals surface area contributed by atoms with Crippen LogP contribution in [0.3, 0.4) is 0 Å². The number of rotatable bonds is 4. The van der Waals surface area contributed by atoms with Gasteiger partial charge in [-0.2, -0.15) is 0 Å². The van der Waals surface area contributed by atoms with Gasteiger partial charge < -0.3 is 14.2 Å². The topological polar surface area (TPSA) is 44.8 Å². The molecule has 0 spiro atoms. The molecule has 2 atom stereocenters. The van der Waals surface area contributed by atoms with E-state index in [2.05, 4.69) is 51.1 Å². The standard InChI is InChI=1S/C31H34O4/c1-19-14-22(16-20-6-10-23(33-4)11-7-20)30-25(15-19)28(21-8-12-24(34-5)13-9-21)29-26(32)17-31(2,3)18-27(29)35-30/h6-13,16,19,28H,14-15,17-18H2,1-5H3/b22-16+. The zero-order valence-electron chi connectivity index (χ0n) is 21.3. The molecule has 0 saturated heterocycles. The van der Waals surface area contributed by atoms with Gasteiger partial charge >= 0.3 is 0 Å². The molecule has 2 aliphatic carbocycles. The van der Waals surface area contributed by atoms with Crippen LogP contribution in [0.5, 0.6) is 11.5 Å². The number of hydrogen-bond donors (Lipinski definition) is 0. The highest BCUT2D eigenvalue weighted by Gasteiger charge is 2.44. The first-order chi connectivity index (χ1) is 16.8. The van der Waals surface area contributed by atoms with Gasteiger partial charge in [-0.15, -0.1) is 0 Å². The Morgan fingerprint density at radius 1 is 0.914 bits per heavy atom. The number of methoxy groups -OCH3 is 2. The van der Waals surface area contributed by atoms with Crippen molar-refractivity contribution in [3.8, 4) is 11.5 Å². The number of allylic oxidation sites excluding steroid dienone is 4. The minimum absolute atomic E-state index is 0.0785. The van der Waals surface area contributed by atoms with Crippen LogP contribution < -0.4 is 9.47 Å². The molecule has 0 bridgehead atoms. The number of carbonyl (C=O) groups excluding carboxylic acids is 1. The summed E-state index contributed by atoms with van der Waals surface area (Å²) < 4.78 is 17.4. The van der Waals surface area contributed by atoms with E-state index in [0.29, 0.717) is 12.3 Å². The number of benzene rings is 2. The molecular formula is C31H34O4. The van der Waals surface area contributed by atoms with Gasteiger partial charge in [0.1, 0.15) is 23.0 Å². The summed E-state index contributed by atoms with van der Waals surface area (Å²) in [7, 11) is 3.36. The predicted molar refractivity (Wildman–Crippen MR) is 138 cm³/mol. The fourth-order valence-electron chi connectivity index (χ4n) is 5.77. The lowest BCUT2D eigenvalue weighted by Gasteiger charge is -2.42. The van der Waals surface area contributed by atoms with Crippen LogP contribution in [0.15, 0.2) is 76.8 Å². The minimum Gasteiger partial charge on any atom is -0.497 e. The van der Waals surface area contributed by atoms with E-state index in [1.165, 1.54) is 11.1 Å². The maximum Gasteiger partial charge on any atom is 0.163 e. The van der Waals surface area contributed by atoms with Crippen molar-refractivity contribution in [1.29, 1.82) is 0 Å². The zero-order chi connectivity index (χ0) is 24.7. The summed E-state index contributed by atoms with van der Waals surface area (Å²) in [5.74, 6) is 4.06. The largest absolute Gasteiger partial charge is 0.497 e. The molecule has 4 nitrogen and oxygen atoms in total. The van der Waals surface area contributed by atoms with Crippen LogP contribution in [-0.2, 0) is 9.53 Å². The summed E-state index contributed by atoms with van der Waals surface area (Å²) in [6.07, 6.45) is 5.41. The van der Waals surface area contributed by atoms with Crippen LogP contribution in [0, 0.1) is 11.3 Å². The normalized spacial score (nSPS) is 24.6. The zero-order valence-corrected chi connectivity index (χ0v) is 21.3. The van der Waals surface area contributed by atoms with Crippen molar-refractivity contribution in [3.05, 3.63) is 87.9 Å². The van der Waals surface area contributed by atoms with Gasteiger partial charge in [-0.1, -0.05) is 45.0 Å². The van der Waals surface area contributed by atoms with E-state index >= 15 is 0 Å². The average Bonchev–Trinajstić information content (AvgIpc) is 2.83. The fraction of sp³-hybridized carbons (Fsp3) is 0.387. The molecule has 182 valence electrons. The van der Waals surface area contributed by atoms with Gasteiger partial charge in [-0.05, 0) is 76.8 Å². The van der Waals surface area contributed by atoms with Crippen molar-refractivity contribution in [2.24, 2.45) is 11.3 Å². The molecule has 0 fully saturated rings. The second-order valence-corrected chi connectivity index (χ2v) is 10.9. The lowest BCUT2D eigenvalue weighted by Crippen LogP contribution is -2.34. The maximum atomic E-state index is 13.5. The third-order valence-corrected chi connectivity index (χ3v) is 7.37. The highest BCUT2D eigenvalue weighted by molar-refractivity contribution is 6.00. The van der Waals surface area contributed by atoms with E-state index in [1.807, 2.05) is 24.3 Å². The molecule has 35 heavy (non-hydrogen) atoms. The lowest BCUT2D eigenvalue weighted by molar-refractivity contribution is -0.119. The number of ether oxygens (including phenoxy) is 3. The Labute approximate surface area is 208 Å². The first-order valence-electron chi connectivity index (χ1n) is 12.4. The van der Waals surface area contributed by atoms with Crippen LogP contribution in [-0.4, -0.2) is 20.0 Å². The lowest BCUT2D eigenvalue weighted by atomic mass is 9.67. The Balaban J connectivity index is 1.65. The second kappa shape index (κ2) is 9.07. The van der Waals surface area contributed by atoms with Gasteiger partial charge in [0, 0.05) is 24.3 Å². The van der Waals surface area contributed by atoms with E-state index in [4.69, 9.17) is 14.2 Å². The van der Waals surface area contributed by atoms with Gasteiger partial charge in [0.25, 0.3) is 0 Å². The van der Waals surface area contributed by atoms with Crippen molar-refractivity contribution in [2.75, 3.05) is 14.2 Å². The fourth-order valence-corrected chi connectivity index (χ4v) is 5.77. The van der Waals surface area contributed by atoms with Crippen molar-refractivity contribution in [3.63, 3.8) is 0 Å². The minimum atomic E-state index is -0.111. The van der Waals surface area contributed by atoms with Gasteiger partial charge in [0.2, 0.25) is 0 Å². The van der Waals surface area contributed by atoms with Crippen molar-refractivity contribution in [2.45, 2.75) is 52.4 Å². The molecule has 5 rings (SSSR count). The van der Waals surface area contributed by atoms with Gasteiger partial charge in [0.05, 0.1) is 14.2 Å². The summed E-state index contributed by atoms with van der Waals surface area (Å²) in [6.45, 7) is 6.59. The quantitative estimate of drug-likeness (QED) is 0.473. The van der Waals surface area contributed by atoms with Crippen molar-refractivity contribution < 1.29 is 19.0 Å². The van der Waals surface area contributed by atoms with Crippen molar-refractivity contribution in [1.82, 2.24) is 0 Å². The van der Waals surface area contributed by atoms with Gasteiger partial charge in [-0.25, -0.2) is 0 Å². The SMILES string of the molecule is COc1ccc(/C=C2\CC(C)CC3=C2OC2=C(C(=O)CC(C)(C)C2)C3c2ccc(OC)cc2)cc1. The Hall–Kier alpha value is -3.27. The monoisotopic (exact) mass is 470 g/mol. The van der Waals surface area contributed by atoms with Crippen LogP contribution >= 0.6 is 0 Å². The molecule has 0 aromatic heterocycles. The Morgan fingerprint density at radius 2 is 1.54 bits per heavy atom. The number of hydrogen-bond acceptors (Lipinski definition) is 4. The highest BCUT2D eigenvalue weighted by atomic mass is 16.5. The van der Waals surface area contributed by atoms with Crippen LogP contribution in [0.4, 0.5) is 0 Å². The van der Waals surface area contributed by atoms with E-state index in [9.17, 15) is 4.79 Å². The molecule has 0 saturated carbocycles. The molecule has 2 unspecified atom stereocenters. The summed E-state index contributed by atoms with van der Waals surface area (Å²) in [6, 6.07) is 16.3. The molecule has 2 aromatic carbocycles. The van der Waals surface area contributed by atoms with E-state index < -0.39 is 0 Å². The number of ketones is 1. The van der Waals surface area contributed by atoms with Crippen LogP contribution in [0.25, 0.3) is 6.08 Å². The molecule has 1 heterocycles. The third-order valence-electron chi connectivity index (χ3n) is 7.37. The molecule has 4 heteroatoms. The highest BCUT2D eigenvalue weighted by Crippen LogP contribution is 2.53. The first kappa shape index (κ1) is 23.5. The Kier molecular flexibility index (Phi) is 6.08. The Bertz CT molecular complexity index is 1230. The molecule has 0 radical (unpaired) electrons. The Morgan fingerprint density at radius 3 is 2.17 bits per heavy atom. The summed E-state index contributed by atoms with van der Waals surface area (Å²) >= 11 is 0. The third kappa shape index (κ3) is 4.54. The maximum absolute atomic E-state index is 13.5. The van der Waals surface area contributed by atoms with Gasteiger partial charge in [-0.3, -0.25) is 4.79 Å². The van der Waals surface area contributed by atoms with Crippen LogP contribution in [0.1, 0.15) is 63.5 Å². The van der Waals surface area contributed by atoms with E-state index in [-0.39, 0.29) is 17.1 Å². The van der Waals surface area contributed by atoms with Crippen molar-refractivity contribution >= 4 is 11.9 Å².